The monoisotopic (exact) mass is 466 g/mol. The summed E-state index contributed by atoms with van der Waals surface area (Å²) in [5, 5.41) is 11.3. The van der Waals surface area contributed by atoms with Crippen molar-refractivity contribution in [2.45, 2.75) is 19.4 Å². The van der Waals surface area contributed by atoms with Gasteiger partial charge in [-0.2, -0.15) is 14.8 Å². The van der Waals surface area contributed by atoms with Crippen molar-refractivity contribution in [2.24, 2.45) is 7.05 Å². The topological polar surface area (TPSA) is 125 Å². The van der Waals surface area contributed by atoms with Crippen LogP contribution in [-0.2, 0) is 24.8 Å². The van der Waals surface area contributed by atoms with E-state index >= 15 is 0 Å². The lowest BCUT2D eigenvalue weighted by Gasteiger charge is -2.07. The average molecular weight is 467 g/mol. The highest BCUT2D eigenvalue weighted by Gasteiger charge is 2.19. The van der Waals surface area contributed by atoms with Crippen LogP contribution in [0.2, 0.25) is 5.02 Å². The molecule has 2 heterocycles. The smallest absolute Gasteiger partial charge is 0.351 e. The zero-order chi connectivity index (χ0) is 23.4. The van der Waals surface area contributed by atoms with E-state index in [0.29, 0.717) is 17.3 Å². The Kier molecular flexibility index (Phi) is 6.45. The first-order chi connectivity index (χ1) is 15.9. The number of rotatable bonds is 7. The summed E-state index contributed by atoms with van der Waals surface area (Å²) in [6, 6.07) is 15.9. The summed E-state index contributed by atoms with van der Waals surface area (Å²) in [6.45, 7) is 0.300. The van der Waals surface area contributed by atoms with Gasteiger partial charge in [-0.3, -0.25) is 14.2 Å². The number of aromatic nitrogens is 5. The van der Waals surface area contributed by atoms with E-state index in [0.717, 1.165) is 14.8 Å². The van der Waals surface area contributed by atoms with E-state index < -0.39 is 11.2 Å². The molecule has 1 amide bonds. The van der Waals surface area contributed by atoms with Gasteiger partial charge in [-0.15, -0.1) is 0 Å². The van der Waals surface area contributed by atoms with Gasteiger partial charge in [-0.05, 0) is 23.8 Å². The Morgan fingerprint density at radius 3 is 2.58 bits per heavy atom. The number of halogens is 1. The number of hydrogen-bond donors (Lipinski definition) is 1. The van der Waals surface area contributed by atoms with Crippen LogP contribution < -0.4 is 16.6 Å². The van der Waals surface area contributed by atoms with Crippen molar-refractivity contribution in [1.29, 1.82) is 0 Å². The molecule has 0 saturated carbocycles. The predicted octanol–water partition coefficient (Wildman–Crippen LogP) is 1.88. The molecular weight excluding hydrogens is 448 g/mol. The number of amides is 1. The van der Waals surface area contributed by atoms with E-state index in [-0.39, 0.29) is 36.2 Å². The largest absolute Gasteiger partial charge is 0.352 e. The third kappa shape index (κ3) is 4.90. The summed E-state index contributed by atoms with van der Waals surface area (Å²) in [7, 11) is 1.35. The third-order valence-electron chi connectivity index (χ3n) is 4.86. The third-order valence-corrected chi connectivity index (χ3v) is 5.22. The number of nitrogens with one attached hydrogen (secondary N) is 1. The maximum atomic E-state index is 12.6. The molecule has 2 aromatic carbocycles. The molecule has 0 fully saturated rings. The van der Waals surface area contributed by atoms with Gasteiger partial charge in [0.2, 0.25) is 17.6 Å². The van der Waals surface area contributed by atoms with E-state index in [1.54, 1.807) is 36.4 Å². The molecule has 0 unspecified atom stereocenters. The molecule has 4 aromatic rings. The number of nitrogens with zero attached hydrogens (tertiary/aromatic N) is 5. The minimum absolute atomic E-state index is 0.0632. The minimum atomic E-state index is -0.656. The van der Waals surface area contributed by atoms with Crippen LogP contribution in [0.25, 0.3) is 17.2 Å². The van der Waals surface area contributed by atoms with E-state index in [2.05, 4.69) is 20.6 Å². The van der Waals surface area contributed by atoms with Crippen LogP contribution in [0.5, 0.6) is 0 Å². The second-order valence-electron chi connectivity index (χ2n) is 7.12. The second-order valence-corrected chi connectivity index (χ2v) is 7.53. The maximum absolute atomic E-state index is 12.6. The SMILES string of the molecule is Cn1c(=O)c(-c2noc(CCC(=O)NCc3ccccc3Cl)n2)nn(-c2ccccc2)c1=O. The standard InChI is InChI=1S/C22H19ClN6O4/c1-28-21(31)19(26-29(22(28)32)15-8-3-2-4-9-15)20-25-18(33-27-20)12-11-17(30)24-13-14-7-5-6-10-16(14)23/h2-10H,11-13H2,1H3,(H,24,30). The number of aryl methyl sites for hydroxylation is 1. The number of benzene rings is 2. The molecule has 0 bridgehead atoms. The number of carbonyl (C=O) groups is 1. The van der Waals surface area contributed by atoms with Crippen molar-refractivity contribution >= 4 is 17.5 Å². The zero-order valence-corrected chi connectivity index (χ0v) is 18.3. The summed E-state index contributed by atoms with van der Waals surface area (Å²) >= 11 is 6.09. The normalized spacial score (nSPS) is 10.8. The molecule has 168 valence electrons. The van der Waals surface area contributed by atoms with Gasteiger partial charge in [0, 0.05) is 31.5 Å². The number of hydrogen-bond acceptors (Lipinski definition) is 7. The van der Waals surface area contributed by atoms with Crippen LogP contribution in [0.15, 0.2) is 68.7 Å². The molecule has 33 heavy (non-hydrogen) atoms. The average Bonchev–Trinajstić information content (AvgIpc) is 3.30. The Morgan fingerprint density at radius 1 is 1.09 bits per heavy atom. The van der Waals surface area contributed by atoms with Gasteiger partial charge < -0.3 is 9.84 Å². The fourth-order valence-corrected chi connectivity index (χ4v) is 3.25. The summed E-state index contributed by atoms with van der Waals surface area (Å²) in [4.78, 5) is 41.4. The molecule has 2 aromatic heterocycles. The molecule has 11 heteroatoms. The first-order valence-corrected chi connectivity index (χ1v) is 10.4. The molecule has 4 rings (SSSR count). The van der Waals surface area contributed by atoms with Crippen LogP contribution in [0.3, 0.4) is 0 Å². The summed E-state index contributed by atoms with van der Waals surface area (Å²) in [5.74, 6) is -0.118. The Morgan fingerprint density at radius 2 is 1.82 bits per heavy atom. The van der Waals surface area contributed by atoms with Gasteiger partial charge in [-0.1, -0.05) is 53.2 Å². The molecule has 0 radical (unpaired) electrons. The highest BCUT2D eigenvalue weighted by molar-refractivity contribution is 6.31. The second kappa shape index (κ2) is 9.61. The quantitative estimate of drug-likeness (QED) is 0.440. The van der Waals surface area contributed by atoms with Crippen LogP contribution in [0.1, 0.15) is 17.9 Å². The molecule has 0 aliphatic rings. The Bertz CT molecular complexity index is 1410. The van der Waals surface area contributed by atoms with Crippen molar-refractivity contribution in [3.05, 3.63) is 91.9 Å². The van der Waals surface area contributed by atoms with Gasteiger partial charge in [-0.25, -0.2) is 4.79 Å². The molecule has 0 spiro atoms. The van der Waals surface area contributed by atoms with E-state index in [1.807, 2.05) is 18.2 Å². The molecule has 10 nitrogen and oxygen atoms in total. The highest BCUT2D eigenvalue weighted by atomic mass is 35.5. The summed E-state index contributed by atoms with van der Waals surface area (Å²) < 4.78 is 7.20. The fraction of sp³-hybridized carbons (Fsp3) is 0.182. The maximum Gasteiger partial charge on any atom is 0.351 e. The van der Waals surface area contributed by atoms with Gasteiger partial charge in [0.05, 0.1) is 5.69 Å². The predicted molar refractivity (Wildman–Crippen MR) is 120 cm³/mol. The molecule has 0 aliphatic heterocycles. The van der Waals surface area contributed by atoms with Crippen molar-refractivity contribution in [2.75, 3.05) is 0 Å². The number of carbonyl (C=O) groups excluding carboxylic acids is 1. The summed E-state index contributed by atoms with van der Waals surface area (Å²) in [5.41, 5.74) is -0.105. The van der Waals surface area contributed by atoms with Crippen molar-refractivity contribution in [1.82, 2.24) is 29.8 Å². The van der Waals surface area contributed by atoms with Gasteiger partial charge >= 0.3 is 5.69 Å². The highest BCUT2D eigenvalue weighted by Crippen LogP contribution is 2.14. The molecule has 1 N–H and O–H groups in total. The number of para-hydroxylation sites is 1. The van der Waals surface area contributed by atoms with E-state index in [1.165, 1.54) is 7.05 Å². The van der Waals surface area contributed by atoms with Crippen LogP contribution in [0, 0.1) is 0 Å². The molecule has 0 saturated heterocycles. The summed E-state index contributed by atoms with van der Waals surface area (Å²) in [6.07, 6.45) is 0.265. The fourth-order valence-electron chi connectivity index (χ4n) is 3.05. The molecular formula is C22H19ClN6O4. The van der Waals surface area contributed by atoms with Crippen LogP contribution >= 0.6 is 11.6 Å². The van der Waals surface area contributed by atoms with Crippen molar-refractivity contribution in [3.8, 4) is 17.2 Å². The Hall–Kier alpha value is -4.05. The van der Waals surface area contributed by atoms with Gasteiger partial charge in [0.15, 0.2) is 5.69 Å². The first-order valence-electron chi connectivity index (χ1n) is 10.0. The van der Waals surface area contributed by atoms with Gasteiger partial charge in [0.1, 0.15) is 0 Å². The Labute approximate surface area is 192 Å². The lowest BCUT2D eigenvalue weighted by Crippen LogP contribution is -2.40. The van der Waals surface area contributed by atoms with Gasteiger partial charge in [0.25, 0.3) is 5.56 Å². The molecule has 0 atom stereocenters. The first kappa shape index (κ1) is 22.2. The van der Waals surface area contributed by atoms with Crippen molar-refractivity contribution in [3.63, 3.8) is 0 Å². The minimum Gasteiger partial charge on any atom is -0.352 e. The van der Waals surface area contributed by atoms with E-state index in [4.69, 9.17) is 16.1 Å². The zero-order valence-electron chi connectivity index (χ0n) is 17.6. The lowest BCUT2D eigenvalue weighted by molar-refractivity contribution is -0.121. The van der Waals surface area contributed by atoms with Crippen molar-refractivity contribution < 1.29 is 9.32 Å². The Balaban J connectivity index is 1.48. The lowest BCUT2D eigenvalue weighted by atomic mass is 10.2. The van der Waals surface area contributed by atoms with E-state index in [9.17, 15) is 14.4 Å². The molecule has 0 aliphatic carbocycles. The van der Waals surface area contributed by atoms with Crippen LogP contribution in [-0.4, -0.2) is 30.4 Å². The van der Waals surface area contributed by atoms with Crippen LogP contribution in [0.4, 0.5) is 0 Å².